The van der Waals surface area contributed by atoms with Crippen LogP contribution in [-0.4, -0.2) is 6.10 Å². The van der Waals surface area contributed by atoms with Crippen molar-refractivity contribution in [3.63, 3.8) is 0 Å². The van der Waals surface area contributed by atoms with Crippen molar-refractivity contribution in [1.82, 2.24) is 0 Å². The Kier molecular flexibility index (Phi) is 9.59. The molecule has 0 amide bonds. The van der Waals surface area contributed by atoms with E-state index in [1.807, 2.05) is 12.1 Å². The lowest BCUT2D eigenvalue weighted by atomic mass is 9.85. The standard InChI is InChI=1S/C28H39ClO/c1-3-4-5-7-10-22(2)30-28-20-19-26(21-27(28)29)25-17-15-24(16-18-25)14-13-23-11-8-6-9-12-23/h15-23H,3-14H2,1-2H3. The van der Waals surface area contributed by atoms with Crippen molar-refractivity contribution in [1.29, 1.82) is 0 Å². The summed E-state index contributed by atoms with van der Waals surface area (Å²) in [5, 5.41) is 0.703. The molecule has 2 aromatic carbocycles. The molecular weight excluding hydrogens is 388 g/mol. The number of rotatable bonds is 11. The molecule has 1 saturated carbocycles. The topological polar surface area (TPSA) is 9.23 Å². The van der Waals surface area contributed by atoms with Gasteiger partial charge >= 0.3 is 0 Å². The zero-order chi connectivity index (χ0) is 21.2. The first-order chi connectivity index (χ1) is 14.7. The maximum atomic E-state index is 6.55. The van der Waals surface area contributed by atoms with Gasteiger partial charge in [0.2, 0.25) is 0 Å². The molecule has 30 heavy (non-hydrogen) atoms. The van der Waals surface area contributed by atoms with Gasteiger partial charge in [-0.05, 0) is 67.3 Å². The van der Waals surface area contributed by atoms with E-state index in [2.05, 4.69) is 44.2 Å². The molecule has 1 unspecified atom stereocenters. The van der Waals surface area contributed by atoms with Crippen LogP contribution in [0.25, 0.3) is 11.1 Å². The molecule has 3 rings (SSSR count). The second-order valence-electron chi connectivity index (χ2n) is 9.16. The van der Waals surface area contributed by atoms with Crippen LogP contribution in [0.3, 0.4) is 0 Å². The second-order valence-corrected chi connectivity index (χ2v) is 9.57. The maximum Gasteiger partial charge on any atom is 0.138 e. The number of hydrogen-bond acceptors (Lipinski definition) is 1. The summed E-state index contributed by atoms with van der Waals surface area (Å²) in [6, 6.07) is 15.2. The smallest absolute Gasteiger partial charge is 0.138 e. The highest BCUT2D eigenvalue weighted by Gasteiger charge is 2.13. The molecule has 1 fully saturated rings. The Morgan fingerprint density at radius 3 is 2.37 bits per heavy atom. The van der Waals surface area contributed by atoms with Gasteiger partial charge in [0.25, 0.3) is 0 Å². The molecule has 0 bridgehead atoms. The van der Waals surface area contributed by atoms with Crippen molar-refractivity contribution >= 4 is 11.6 Å². The number of hydrogen-bond donors (Lipinski definition) is 0. The third-order valence-corrected chi connectivity index (χ3v) is 6.87. The quantitative estimate of drug-likeness (QED) is 0.325. The first kappa shape index (κ1) is 23.2. The minimum atomic E-state index is 0.202. The molecule has 0 saturated heterocycles. The van der Waals surface area contributed by atoms with Gasteiger partial charge in [0.1, 0.15) is 5.75 Å². The van der Waals surface area contributed by atoms with E-state index in [0.29, 0.717) is 5.02 Å². The summed E-state index contributed by atoms with van der Waals surface area (Å²) in [6.45, 7) is 4.38. The molecule has 1 aliphatic carbocycles. The maximum absolute atomic E-state index is 6.55. The summed E-state index contributed by atoms with van der Waals surface area (Å²) in [4.78, 5) is 0. The van der Waals surface area contributed by atoms with Crippen molar-refractivity contribution in [3.8, 4) is 16.9 Å². The molecule has 1 aliphatic rings. The van der Waals surface area contributed by atoms with Crippen molar-refractivity contribution in [2.24, 2.45) is 5.92 Å². The Morgan fingerprint density at radius 2 is 1.67 bits per heavy atom. The fourth-order valence-corrected chi connectivity index (χ4v) is 4.85. The molecule has 1 nitrogen and oxygen atoms in total. The molecule has 0 spiro atoms. The Hall–Kier alpha value is -1.47. The highest BCUT2D eigenvalue weighted by Crippen LogP contribution is 2.32. The summed E-state index contributed by atoms with van der Waals surface area (Å²) >= 11 is 6.55. The molecule has 0 radical (unpaired) electrons. The zero-order valence-corrected chi connectivity index (χ0v) is 19.7. The van der Waals surface area contributed by atoms with Crippen LogP contribution in [0.5, 0.6) is 5.75 Å². The molecule has 0 heterocycles. The average molecular weight is 427 g/mol. The second kappa shape index (κ2) is 12.4. The zero-order valence-electron chi connectivity index (χ0n) is 19.0. The van der Waals surface area contributed by atoms with E-state index >= 15 is 0 Å². The predicted molar refractivity (Wildman–Crippen MR) is 131 cm³/mol. The van der Waals surface area contributed by atoms with Crippen LogP contribution in [0.2, 0.25) is 5.02 Å². The van der Waals surface area contributed by atoms with Crippen molar-refractivity contribution in [2.45, 2.75) is 97.0 Å². The largest absolute Gasteiger partial charge is 0.489 e. The van der Waals surface area contributed by atoms with Crippen molar-refractivity contribution < 1.29 is 4.74 Å². The van der Waals surface area contributed by atoms with Crippen LogP contribution in [0, 0.1) is 5.92 Å². The lowest BCUT2D eigenvalue weighted by Gasteiger charge is -2.21. The SMILES string of the molecule is CCCCCCC(C)Oc1ccc(-c2ccc(CCC3CCCCC3)cc2)cc1Cl. The summed E-state index contributed by atoms with van der Waals surface area (Å²) in [5.41, 5.74) is 3.83. The van der Waals surface area contributed by atoms with Crippen molar-refractivity contribution in [3.05, 3.63) is 53.1 Å². The third-order valence-electron chi connectivity index (χ3n) is 6.58. The normalized spacial score (nSPS) is 15.8. The molecule has 0 N–H and O–H groups in total. The predicted octanol–water partition coefficient (Wildman–Crippen LogP) is 9.26. The van der Waals surface area contributed by atoms with Crippen LogP contribution >= 0.6 is 11.6 Å². The summed E-state index contributed by atoms with van der Waals surface area (Å²) in [7, 11) is 0. The van der Waals surface area contributed by atoms with E-state index in [-0.39, 0.29) is 6.10 Å². The van der Waals surface area contributed by atoms with Gasteiger partial charge < -0.3 is 4.74 Å². The minimum absolute atomic E-state index is 0.202. The highest BCUT2D eigenvalue weighted by atomic mass is 35.5. The highest BCUT2D eigenvalue weighted by molar-refractivity contribution is 6.32. The molecule has 2 aromatic rings. The van der Waals surface area contributed by atoms with Gasteiger partial charge in [0.15, 0.2) is 0 Å². The molecule has 0 aliphatic heterocycles. The van der Waals surface area contributed by atoms with Gasteiger partial charge in [0, 0.05) is 0 Å². The van der Waals surface area contributed by atoms with Gasteiger partial charge in [-0.3, -0.25) is 0 Å². The molecule has 0 aromatic heterocycles. The first-order valence-corrected chi connectivity index (χ1v) is 12.6. The lowest BCUT2D eigenvalue weighted by Crippen LogP contribution is -2.11. The Labute approximate surface area is 189 Å². The van der Waals surface area contributed by atoms with Crippen molar-refractivity contribution in [2.75, 3.05) is 0 Å². The molecule has 164 valence electrons. The monoisotopic (exact) mass is 426 g/mol. The van der Waals surface area contributed by atoms with E-state index in [1.165, 1.54) is 81.8 Å². The number of halogens is 1. The average Bonchev–Trinajstić information content (AvgIpc) is 2.78. The van der Waals surface area contributed by atoms with E-state index < -0.39 is 0 Å². The first-order valence-electron chi connectivity index (χ1n) is 12.2. The van der Waals surface area contributed by atoms with Crippen LogP contribution in [0.4, 0.5) is 0 Å². The Bertz CT molecular complexity index is 746. The number of ether oxygens (including phenoxy) is 1. The van der Waals surface area contributed by atoms with Gasteiger partial charge in [0.05, 0.1) is 11.1 Å². The number of unbranched alkanes of at least 4 members (excludes halogenated alkanes) is 3. The Balaban J connectivity index is 1.52. The Morgan fingerprint density at radius 1 is 0.933 bits per heavy atom. The number of benzene rings is 2. The van der Waals surface area contributed by atoms with Crippen LogP contribution in [0.1, 0.15) is 90.0 Å². The van der Waals surface area contributed by atoms with Crippen LogP contribution in [0.15, 0.2) is 42.5 Å². The molecule has 2 heteroatoms. The van der Waals surface area contributed by atoms with Gasteiger partial charge in [-0.25, -0.2) is 0 Å². The minimum Gasteiger partial charge on any atom is -0.489 e. The van der Waals surface area contributed by atoms with Crippen LogP contribution in [-0.2, 0) is 6.42 Å². The van der Waals surface area contributed by atoms with E-state index in [4.69, 9.17) is 16.3 Å². The summed E-state index contributed by atoms with van der Waals surface area (Å²) in [5.74, 6) is 1.74. The summed E-state index contributed by atoms with van der Waals surface area (Å²) < 4.78 is 6.09. The van der Waals surface area contributed by atoms with Gasteiger partial charge in [-0.15, -0.1) is 0 Å². The fourth-order valence-electron chi connectivity index (χ4n) is 4.62. The van der Waals surface area contributed by atoms with Crippen LogP contribution < -0.4 is 4.74 Å². The fraction of sp³-hybridized carbons (Fsp3) is 0.571. The third kappa shape index (κ3) is 7.34. The number of aryl methyl sites for hydroxylation is 1. The van der Waals surface area contributed by atoms with E-state index in [9.17, 15) is 0 Å². The molecular formula is C28H39ClO. The summed E-state index contributed by atoms with van der Waals surface area (Å²) in [6.07, 6.45) is 16.1. The van der Waals surface area contributed by atoms with Gasteiger partial charge in [-0.2, -0.15) is 0 Å². The van der Waals surface area contributed by atoms with E-state index in [1.54, 1.807) is 0 Å². The van der Waals surface area contributed by atoms with Gasteiger partial charge in [-0.1, -0.05) is 100 Å². The van der Waals surface area contributed by atoms with E-state index in [0.717, 1.165) is 23.7 Å². The molecule has 1 atom stereocenters. The lowest BCUT2D eigenvalue weighted by molar-refractivity contribution is 0.206.